The van der Waals surface area contributed by atoms with Gasteiger partial charge in [-0.15, -0.1) is 11.6 Å². The molecule has 1 aromatic rings. The summed E-state index contributed by atoms with van der Waals surface area (Å²) in [5.41, 5.74) is -0.0586. The number of pyridine rings is 1. The van der Waals surface area contributed by atoms with E-state index in [1.807, 2.05) is 0 Å². The Morgan fingerprint density at radius 2 is 2.07 bits per heavy atom. The van der Waals surface area contributed by atoms with Crippen molar-refractivity contribution in [1.82, 2.24) is 4.98 Å². The maximum absolute atomic E-state index is 11.9. The number of hydrogen-bond donors (Lipinski definition) is 0. The Bertz CT molecular complexity index is 333. The molecule has 14 heavy (non-hydrogen) atoms. The molecule has 0 aromatic carbocycles. The zero-order valence-corrected chi connectivity index (χ0v) is 7.56. The molecule has 6 heteroatoms. The Morgan fingerprint density at radius 1 is 1.43 bits per heavy atom. The van der Waals surface area contributed by atoms with Gasteiger partial charge in [0.25, 0.3) is 5.78 Å². The first-order chi connectivity index (χ1) is 6.45. The number of Topliss-reactive ketones (excluding diaryl/α,β-unsaturated/α-hetero) is 1. The van der Waals surface area contributed by atoms with Crippen molar-refractivity contribution in [1.29, 1.82) is 0 Å². The summed E-state index contributed by atoms with van der Waals surface area (Å²) < 4.78 is 35.7. The van der Waals surface area contributed by atoms with Crippen molar-refractivity contribution < 1.29 is 18.0 Å². The number of nitrogens with zero attached hydrogens (tertiary/aromatic N) is 1. The molecule has 0 bridgehead atoms. The minimum Gasteiger partial charge on any atom is -0.282 e. The zero-order chi connectivity index (χ0) is 10.8. The van der Waals surface area contributed by atoms with Crippen molar-refractivity contribution in [2.24, 2.45) is 0 Å². The van der Waals surface area contributed by atoms with Gasteiger partial charge in [0.1, 0.15) is 5.69 Å². The van der Waals surface area contributed by atoms with Crippen LogP contribution in [0.3, 0.4) is 0 Å². The molecule has 0 aliphatic carbocycles. The van der Waals surface area contributed by atoms with Gasteiger partial charge >= 0.3 is 6.18 Å². The van der Waals surface area contributed by atoms with Crippen LogP contribution in [0, 0.1) is 0 Å². The van der Waals surface area contributed by atoms with Gasteiger partial charge in [-0.3, -0.25) is 9.78 Å². The summed E-state index contributed by atoms with van der Waals surface area (Å²) in [6.07, 6.45) is -3.73. The van der Waals surface area contributed by atoms with Crippen molar-refractivity contribution >= 4 is 17.4 Å². The maximum atomic E-state index is 11.9. The Balaban J connectivity index is 2.93. The number of rotatable bonds is 2. The van der Waals surface area contributed by atoms with E-state index in [-0.39, 0.29) is 5.88 Å². The van der Waals surface area contributed by atoms with E-state index in [4.69, 9.17) is 11.6 Å². The minimum absolute atomic E-state index is 0.146. The van der Waals surface area contributed by atoms with Crippen molar-refractivity contribution in [2.45, 2.75) is 12.1 Å². The monoisotopic (exact) mass is 223 g/mol. The molecule has 2 nitrogen and oxygen atoms in total. The largest absolute Gasteiger partial charge is 0.456 e. The van der Waals surface area contributed by atoms with Crippen LogP contribution in [0.1, 0.15) is 16.1 Å². The number of alkyl halides is 4. The Morgan fingerprint density at radius 3 is 2.43 bits per heavy atom. The van der Waals surface area contributed by atoms with E-state index in [1.54, 1.807) is 0 Å². The Kier molecular flexibility index (Phi) is 3.10. The van der Waals surface area contributed by atoms with E-state index < -0.39 is 17.7 Å². The number of carbonyl (C=O) groups excluding carboxylic acids is 1. The average Bonchev–Trinajstić information content (AvgIpc) is 2.15. The lowest BCUT2D eigenvalue weighted by Gasteiger charge is -2.04. The SMILES string of the molecule is O=C(c1ccc(CCl)cn1)C(F)(F)F. The summed E-state index contributed by atoms with van der Waals surface area (Å²) in [5.74, 6) is -1.80. The highest BCUT2D eigenvalue weighted by Gasteiger charge is 2.40. The normalized spacial score (nSPS) is 11.4. The molecule has 1 rings (SSSR count). The fraction of sp³-hybridized carbons (Fsp3) is 0.250. The van der Waals surface area contributed by atoms with E-state index in [2.05, 4.69) is 4.98 Å². The van der Waals surface area contributed by atoms with E-state index in [9.17, 15) is 18.0 Å². The first-order valence-corrected chi connectivity index (χ1v) is 4.11. The molecule has 0 aliphatic heterocycles. The molecule has 0 amide bonds. The lowest BCUT2D eigenvalue weighted by atomic mass is 10.2. The van der Waals surface area contributed by atoms with E-state index in [1.165, 1.54) is 6.07 Å². The van der Waals surface area contributed by atoms with Gasteiger partial charge in [-0.25, -0.2) is 0 Å². The number of ketones is 1. The predicted molar refractivity (Wildman–Crippen MR) is 44.2 cm³/mol. The quantitative estimate of drug-likeness (QED) is 0.570. The third-order valence-electron chi connectivity index (χ3n) is 1.47. The molecule has 0 saturated heterocycles. The van der Waals surface area contributed by atoms with Crippen molar-refractivity contribution in [3.05, 3.63) is 29.6 Å². The summed E-state index contributed by atoms with van der Waals surface area (Å²) in [7, 11) is 0. The van der Waals surface area contributed by atoms with Crippen LogP contribution in [0.4, 0.5) is 13.2 Å². The van der Waals surface area contributed by atoms with Gasteiger partial charge in [0.2, 0.25) is 0 Å². The Labute approximate surface area is 82.7 Å². The third-order valence-corrected chi connectivity index (χ3v) is 1.78. The summed E-state index contributed by atoms with van der Waals surface area (Å²) in [4.78, 5) is 14.0. The van der Waals surface area contributed by atoms with Crippen LogP contribution in [0.25, 0.3) is 0 Å². The second kappa shape index (κ2) is 3.96. The van der Waals surface area contributed by atoms with E-state index in [0.29, 0.717) is 5.56 Å². The van der Waals surface area contributed by atoms with Crippen LogP contribution in [-0.4, -0.2) is 16.9 Å². The van der Waals surface area contributed by atoms with Crippen molar-refractivity contribution in [3.63, 3.8) is 0 Å². The number of hydrogen-bond acceptors (Lipinski definition) is 2. The number of aromatic nitrogens is 1. The topological polar surface area (TPSA) is 30.0 Å². The molecule has 0 spiro atoms. The van der Waals surface area contributed by atoms with Gasteiger partial charge in [-0.05, 0) is 11.6 Å². The predicted octanol–water partition coefficient (Wildman–Crippen LogP) is 2.57. The molecule has 0 atom stereocenters. The minimum atomic E-state index is -4.88. The van der Waals surface area contributed by atoms with Crippen LogP contribution in [0.15, 0.2) is 18.3 Å². The Hall–Kier alpha value is -1.10. The van der Waals surface area contributed by atoms with Crippen molar-refractivity contribution in [3.8, 4) is 0 Å². The third kappa shape index (κ3) is 2.45. The van der Waals surface area contributed by atoms with Crippen LogP contribution in [0.5, 0.6) is 0 Å². The molecular weight excluding hydrogens is 219 g/mol. The summed E-state index contributed by atoms with van der Waals surface area (Å²) in [6.45, 7) is 0. The van der Waals surface area contributed by atoms with E-state index in [0.717, 1.165) is 12.3 Å². The molecule has 1 aromatic heterocycles. The molecule has 76 valence electrons. The molecule has 0 N–H and O–H groups in total. The van der Waals surface area contributed by atoms with Crippen LogP contribution < -0.4 is 0 Å². The number of halogens is 4. The number of carbonyl (C=O) groups is 1. The lowest BCUT2D eigenvalue weighted by Crippen LogP contribution is -2.23. The summed E-state index contributed by atoms with van der Waals surface area (Å²) >= 11 is 5.40. The molecule has 0 unspecified atom stereocenters. The first kappa shape index (κ1) is 11.0. The van der Waals surface area contributed by atoms with Crippen LogP contribution in [0.2, 0.25) is 0 Å². The molecule has 0 saturated carbocycles. The lowest BCUT2D eigenvalue weighted by molar-refractivity contribution is -0.0888. The van der Waals surface area contributed by atoms with Crippen LogP contribution >= 0.6 is 11.6 Å². The molecule has 0 fully saturated rings. The van der Waals surface area contributed by atoms with Gasteiger partial charge in [0.05, 0.1) is 0 Å². The van der Waals surface area contributed by atoms with Gasteiger partial charge in [-0.1, -0.05) is 6.07 Å². The van der Waals surface area contributed by atoms with Gasteiger partial charge in [0.15, 0.2) is 0 Å². The van der Waals surface area contributed by atoms with Gasteiger partial charge in [0, 0.05) is 12.1 Å². The van der Waals surface area contributed by atoms with E-state index >= 15 is 0 Å². The second-order valence-electron chi connectivity index (χ2n) is 2.51. The van der Waals surface area contributed by atoms with Crippen molar-refractivity contribution in [2.75, 3.05) is 0 Å². The van der Waals surface area contributed by atoms with Crippen LogP contribution in [-0.2, 0) is 5.88 Å². The molecule has 1 heterocycles. The maximum Gasteiger partial charge on any atom is 0.456 e. The molecule has 0 radical (unpaired) electrons. The standard InChI is InChI=1S/C8H5ClF3NO/c9-3-5-1-2-6(13-4-5)7(14)8(10,11)12/h1-2,4H,3H2. The highest BCUT2D eigenvalue weighted by Crippen LogP contribution is 2.20. The molecule has 0 aliphatic rings. The van der Waals surface area contributed by atoms with Gasteiger partial charge in [-0.2, -0.15) is 13.2 Å². The highest BCUT2D eigenvalue weighted by molar-refractivity contribution is 6.17. The first-order valence-electron chi connectivity index (χ1n) is 3.57. The average molecular weight is 224 g/mol. The second-order valence-corrected chi connectivity index (χ2v) is 2.78. The summed E-state index contributed by atoms with van der Waals surface area (Å²) in [5, 5.41) is 0. The fourth-order valence-electron chi connectivity index (χ4n) is 0.783. The fourth-order valence-corrected chi connectivity index (χ4v) is 0.941. The zero-order valence-electron chi connectivity index (χ0n) is 6.81. The van der Waals surface area contributed by atoms with Gasteiger partial charge < -0.3 is 0 Å². The highest BCUT2D eigenvalue weighted by atomic mass is 35.5. The smallest absolute Gasteiger partial charge is 0.282 e. The summed E-state index contributed by atoms with van der Waals surface area (Å²) in [6, 6.07) is 2.34. The molecular formula is C8H5ClF3NO.